The Morgan fingerprint density at radius 1 is 0.469 bits per heavy atom. The predicted octanol–water partition coefficient (Wildman–Crippen LogP) is 1.06. The molecule has 1 aromatic rings. The fraction of sp³-hybridized carbons (Fsp3) is 0.800. The Balaban J connectivity index is 1.72. The fourth-order valence-corrected chi connectivity index (χ4v) is 3.58. The van der Waals surface area contributed by atoms with E-state index in [0.717, 1.165) is 6.07 Å². The second-order valence-corrected chi connectivity index (χ2v) is 9.67. The number of hydrogen-bond acceptors (Lipinski definition) is 17. The standard InChI is InChI=1S/C30H54N4O15/c31-3-5-39-7-9-41-11-13-43-15-17-45-19-21-47-23-25-49-26-24-48-22-20-46-18-16-44-14-12-42-10-8-40-6-4-32-29-2-1-28(33(35)36)27-30(29)34(37)38/h1-2,27,32H,3-26,31H2. The molecule has 0 saturated carbocycles. The van der Waals surface area contributed by atoms with Gasteiger partial charge in [0.15, 0.2) is 0 Å². The van der Waals surface area contributed by atoms with Crippen LogP contribution in [0.4, 0.5) is 17.1 Å². The lowest BCUT2D eigenvalue weighted by Gasteiger charge is -2.09. The van der Waals surface area contributed by atoms with Crippen molar-refractivity contribution in [1.82, 2.24) is 0 Å². The number of nitrogens with zero attached hydrogens (tertiary/aromatic N) is 2. The summed E-state index contributed by atoms with van der Waals surface area (Å²) in [7, 11) is 0. The quantitative estimate of drug-likeness (QED) is 0.0555. The number of ether oxygens (including phenoxy) is 11. The highest BCUT2D eigenvalue weighted by molar-refractivity contribution is 5.65. The third kappa shape index (κ3) is 27.8. The normalized spacial score (nSPS) is 11.3. The van der Waals surface area contributed by atoms with Gasteiger partial charge in [0.2, 0.25) is 0 Å². The molecule has 0 aliphatic heterocycles. The average Bonchev–Trinajstić information content (AvgIpc) is 3.09. The highest BCUT2D eigenvalue weighted by Crippen LogP contribution is 2.28. The minimum Gasteiger partial charge on any atom is -0.378 e. The van der Waals surface area contributed by atoms with Gasteiger partial charge in [0.1, 0.15) is 5.69 Å². The summed E-state index contributed by atoms with van der Waals surface area (Å²) in [5, 5.41) is 24.8. The number of nitrogens with two attached hydrogens (primary N) is 1. The first kappa shape index (κ1) is 44.4. The molecule has 0 atom stereocenters. The van der Waals surface area contributed by atoms with Crippen LogP contribution >= 0.6 is 0 Å². The van der Waals surface area contributed by atoms with E-state index in [1.807, 2.05) is 0 Å². The molecule has 19 nitrogen and oxygen atoms in total. The second kappa shape index (κ2) is 33.8. The molecule has 0 heterocycles. The Labute approximate surface area is 287 Å². The molecule has 3 N–H and O–H groups in total. The van der Waals surface area contributed by atoms with Crippen molar-refractivity contribution in [3.05, 3.63) is 38.4 Å². The van der Waals surface area contributed by atoms with E-state index in [1.165, 1.54) is 12.1 Å². The van der Waals surface area contributed by atoms with Gasteiger partial charge < -0.3 is 63.2 Å². The molecule has 0 aliphatic rings. The minimum absolute atomic E-state index is 0.185. The number of benzene rings is 1. The van der Waals surface area contributed by atoms with Crippen molar-refractivity contribution < 1.29 is 62.0 Å². The summed E-state index contributed by atoms with van der Waals surface area (Å²) < 4.78 is 59.5. The van der Waals surface area contributed by atoms with Crippen LogP contribution in [0.25, 0.3) is 0 Å². The van der Waals surface area contributed by atoms with Crippen LogP contribution in [0.15, 0.2) is 18.2 Å². The molecule has 49 heavy (non-hydrogen) atoms. The van der Waals surface area contributed by atoms with E-state index < -0.39 is 9.85 Å². The Kier molecular flexibility index (Phi) is 30.6. The van der Waals surface area contributed by atoms with Gasteiger partial charge in [-0.1, -0.05) is 0 Å². The molecular formula is C30H54N4O15. The molecule has 0 radical (unpaired) electrons. The zero-order valence-corrected chi connectivity index (χ0v) is 28.3. The SMILES string of the molecule is NCCOCCOCCOCCOCCOCCOCCOCCOCCOCCOCCOCCNc1ccc([N+](=O)[O-])cc1[N+](=O)[O-]. The van der Waals surface area contributed by atoms with E-state index in [1.54, 1.807) is 0 Å². The van der Waals surface area contributed by atoms with Gasteiger partial charge in [0.05, 0.1) is 161 Å². The van der Waals surface area contributed by atoms with Gasteiger partial charge in [0.25, 0.3) is 11.4 Å². The molecule has 1 aromatic carbocycles. The van der Waals surface area contributed by atoms with E-state index in [-0.39, 0.29) is 30.2 Å². The zero-order valence-electron chi connectivity index (χ0n) is 28.3. The number of nitro groups is 2. The molecule has 284 valence electrons. The Morgan fingerprint density at radius 2 is 0.776 bits per heavy atom. The Morgan fingerprint density at radius 3 is 1.06 bits per heavy atom. The van der Waals surface area contributed by atoms with Crippen LogP contribution in [0.2, 0.25) is 0 Å². The van der Waals surface area contributed by atoms with Gasteiger partial charge in [-0.3, -0.25) is 20.2 Å². The van der Waals surface area contributed by atoms with Gasteiger partial charge in [-0.25, -0.2) is 0 Å². The molecule has 0 spiro atoms. The van der Waals surface area contributed by atoms with Gasteiger partial charge in [-0.15, -0.1) is 0 Å². The Bertz CT molecular complexity index is 935. The van der Waals surface area contributed by atoms with Crippen LogP contribution in [0.5, 0.6) is 0 Å². The summed E-state index contributed by atoms with van der Waals surface area (Å²) in [6.07, 6.45) is 0. The number of non-ortho nitro benzene ring substituents is 1. The number of hydrogen-bond donors (Lipinski definition) is 2. The highest BCUT2D eigenvalue weighted by atomic mass is 16.6. The van der Waals surface area contributed by atoms with Gasteiger partial charge in [-0.2, -0.15) is 0 Å². The number of nitrogens with one attached hydrogen (secondary N) is 1. The first-order valence-electron chi connectivity index (χ1n) is 16.3. The number of nitro benzene ring substituents is 2. The van der Waals surface area contributed by atoms with Crippen molar-refractivity contribution in [2.45, 2.75) is 0 Å². The smallest absolute Gasteiger partial charge is 0.299 e. The summed E-state index contributed by atoms with van der Waals surface area (Å²) in [6.45, 7) is 10.9. The summed E-state index contributed by atoms with van der Waals surface area (Å²) in [5.74, 6) is 0. The largest absolute Gasteiger partial charge is 0.378 e. The van der Waals surface area contributed by atoms with Gasteiger partial charge in [0, 0.05) is 19.2 Å². The lowest BCUT2D eigenvalue weighted by atomic mass is 10.2. The van der Waals surface area contributed by atoms with E-state index in [2.05, 4.69) is 5.32 Å². The number of rotatable bonds is 38. The van der Waals surface area contributed by atoms with Crippen LogP contribution in [0.3, 0.4) is 0 Å². The van der Waals surface area contributed by atoms with Crippen molar-refractivity contribution in [2.24, 2.45) is 5.73 Å². The number of anilines is 1. The molecule has 0 saturated heterocycles. The maximum atomic E-state index is 11.1. The maximum absolute atomic E-state index is 11.1. The lowest BCUT2D eigenvalue weighted by Crippen LogP contribution is -2.16. The summed E-state index contributed by atoms with van der Waals surface area (Å²) in [5.41, 5.74) is 4.80. The maximum Gasteiger partial charge on any atom is 0.299 e. The first-order valence-corrected chi connectivity index (χ1v) is 16.3. The van der Waals surface area contributed by atoms with E-state index >= 15 is 0 Å². The van der Waals surface area contributed by atoms with E-state index in [0.29, 0.717) is 145 Å². The molecule has 0 amide bonds. The van der Waals surface area contributed by atoms with Crippen LogP contribution in [0, 0.1) is 20.2 Å². The van der Waals surface area contributed by atoms with Gasteiger partial charge >= 0.3 is 0 Å². The van der Waals surface area contributed by atoms with Crippen molar-refractivity contribution in [2.75, 3.05) is 164 Å². The molecule has 0 aliphatic carbocycles. The molecule has 1 rings (SSSR count). The molecule has 0 aromatic heterocycles. The third-order valence-corrected chi connectivity index (χ3v) is 5.93. The molecule has 0 fully saturated rings. The molecule has 0 unspecified atom stereocenters. The van der Waals surface area contributed by atoms with Crippen molar-refractivity contribution in [3.63, 3.8) is 0 Å². The summed E-state index contributed by atoms with van der Waals surface area (Å²) in [6, 6.07) is 3.42. The van der Waals surface area contributed by atoms with Crippen molar-refractivity contribution >= 4 is 17.1 Å². The second-order valence-electron chi connectivity index (χ2n) is 9.67. The van der Waals surface area contributed by atoms with Crippen molar-refractivity contribution in [3.8, 4) is 0 Å². The van der Waals surface area contributed by atoms with E-state index in [4.69, 9.17) is 57.8 Å². The average molecular weight is 711 g/mol. The molecule has 0 bridgehead atoms. The predicted molar refractivity (Wildman–Crippen MR) is 176 cm³/mol. The fourth-order valence-electron chi connectivity index (χ4n) is 3.58. The molecular weight excluding hydrogens is 656 g/mol. The van der Waals surface area contributed by atoms with Crippen LogP contribution in [0.1, 0.15) is 0 Å². The third-order valence-electron chi connectivity index (χ3n) is 5.93. The van der Waals surface area contributed by atoms with Gasteiger partial charge in [-0.05, 0) is 6.07 Å². The summed E-state index contributed by atoms with van der Waals surface area (Å²) in [4.78, 5) is 20.6. The lowest BCUT2D eigenvalue weighted by molar-refractivity contribution is -0.393. The molecule has 19 heteroatoms. The first-order chi connectivity index (χ1) is 24.1. The van der Waals surface area contributed by atoms with Crippen molar-refractivity contribution in [1.29, 1.82) is 0 Å². The van der Waals surface area contributed by atoms with Crippen LogP contribution in [-0.2, 0) is 52.1 Å². The Hall–Kier alpha value is -2.66. The van der Waals surface area contributed by atoms with Crippen LogP contribution in [-0.4, -0.2) is 168 Å². The van der Waals surface area contributed by atoms with Crippen LogP contribution < -0.4 is 11.1 Å². The summed E-state index contributed by atoms with van der Waals surface area (Å²) >= 11 is 0. The topological polar surface area (TPSA) is 226 Å². The monoisotopic (exact) mass is 710 g/mol. The zero-order chi connectivity index (χ0) is 35.5. The minimum atomic E-state index is -0.682. The van der Waals surface area contributed by atoms with E-state index in [9.17, 15) is 20.2 Å². The highest BCUT2D eigenvalue weighted by Gasteiger charge is 2.19.